The summed E-state index contributed by atoms with van der Waals surface area (Å²) in [6, 6.07) is 0.165. The molecule has 2 aliphatic rings. The molecule has 2 unspecified atom stereocenters. The van der Waals surface area contributed by atoms with E-state index in [0.717, 1.165) is 39.0 Å². The third-order valence-corrected chi connectivity index (χ3v) is 4.51. The van der Waals surface area contributed by atoms with E-state index in [0.29, 0.717) is 12.3 Å². The Hall–Kier alpha value is -1.27. The number of nitrogens with two attached hydrogens (primary N) is 1. The maximum atomic E-state index is 12.0. The van der Waals surface area contributed by atoms with Crippen LogP contribution in [0.5, 0.6) is 0 Å². The molecule has 1 saturated heterocycles. The zero-order valence-electron chi connectivity index (χ0n) is 15.0. The lowest BCUT2D eigenvalue weighted by atomic mass is 10.0. The van der Waals surface area contributed by atoms with Crippen LogP contribution in [0.2, 0.25) is 0 Å². The summed E-state index contributed by atoms with van der Waals surface area (Å²) in [5.41, 5.74) is 6.19. The zero-order valence-corrected chi connectivity index (χ0v) is 15.0. The van der Waals surface area contributed by atoms with E-state index >= 15 is 0 Å². The predicted molar refractivity (Wildman–Crippen MR) is 91.5 cm³/mol. The fourth-order valence-electron chi connectivity index (χ4n) is 3.34. The lowest BCUT2D eigenvalue weighted by Gasteiger charge is -2.46. The highest BCUT2D eigenvalue weighted by molar-refractivity contribution is 5.91. The molecule has 0 aliphatic carbocycles. The first-order valence-corrected chi connectivity index (χ1v) is 8.74. The minimum absolute atomic E-state index is 0.0645. The third-order valence-electron chi connectivity index (χ3n) is 4.51. The van der Waals surface area contributed by atoms with Crippen molar-refractivity contribution in [3.05, 3.63) is 11.9 Å². The number of carbonyl (C=O) groups is 1. The fraction of sp³-hybridized carbons (Fsp3) is 0.824. The van der Waals surface area contributed by atoms with Crippen LogP contribution in [0.1, 0.15) is 47.0 Å². The van der Waals surface area contributed by atoms with E-state index in [4.69, 9.17) is 10.5 Å². The van der Waals surface area contributed by atoms with Crippen molar-refractivity contribution in [2.45, 2.75) is 64.7 Å². The summed E-state index contributed by atoms with van der Waals surface area (Å²) in [7, 11) is 0. The number of amides is 1. The molecule has 0 aromatic rings. The van der Waals surface area contributed by atoms with Gasteiger partial charge in [-0.05, 0) is 27.2 Å². The smallest absolute Gasteiger partial charge is 0.266 e. The van der Waals surface area contributed by atoms with E-state index in [1.54, 1.807) is 0 Å². The number of primary amides is 1. The second-order valence-corrected chi connectivity index (χ2v) is 7.41. The van der Waals surface area contributed by atoms with Gasteiger partial charge >= 0.3 is 0 Å². The Kier molecular flexibility index (Phi) is 5.92. The van der Waals surface area contributed by atoms with Gasteiger partial charge in [-0.25, -0.2) is 0 Å². The minimum atomic E-state index is -0.352. The Balaban J connectivity index is 2.27. The molecule has 0 spiro atoms. The monoisotopic (exact) mass is 324 g/mol. The molecule has 23 heavy (non-hydrogen) atoms. The molecule has 2 heterocycles. The highest BCUT2D eigenvalue weighted by Gasteiger charge is 2.43. The standard InChI is InChI=1S/C17H32N4O2/c1-5-6-7-9-20-14(15(18)22)11-21(17(2,3)4)16(20)13-12-23-10-8-19-13/h11,13,16,19H,5-10,12H2,1-4H3,(H2,18,22). The first-order valence-electron chi connectivity index (χ1n) is 8.74. The molecule has 0 aromatic heterocycles. The Morgan fingerprint density at radius 1 is 1.43 bits per heavy atom. The molecule has 6 heteroatoms. The fourth-order valence-corrected chi connectivity index (χ4v) is 3.34. The van der Waals surface area contributed by atoms with Gasteiger partial charge in [-0.1, -0.05) is 19.8 Å². The topological polar surface area (TPSA) is 70.8 Å². The van der Waals surface area contributed by atoms with Crippen molar-refractivity contribution in [1.29, 1.82) is 0 Å². The molecule has 2 aliphatic heterocycles. The molecule has 1 amide bonds. The van der Waals surface area contributed by atoms with Gasteiger partial charge in [0.15, 0.2) is 0 Å². The second-order valence-electron chi connectivity index (χ2n) is 7.41. The van der Waals surface area contributed by atoms with Crippen molar-refractivity contribution >= 4 is 5.91 Å². The van der Waals surface area contributed by atoms with Crippen molar-refractivity contribution in [2.24, 2.45) is 5.73 Å². The van der Waals surface area contributed by atoms with Crippen LogP contribution in [-0.4, -0.2) is 59.8 Å². The second kappa shape index (κ2) is 7.53. The maximum Gasteiger partial charge on any atom is 0.266 e. The number of nitrogens with zero attached hydrogens (tertiary/aromatic N) is 2. The number of unbranched alkanes of at least 4 members (excludes halogenated alkanes) is 2. The first kappa shape index (κ1) is 18.1. The van der Waals surface area contributed by atoms with Gasteiger partial charge < -0.3 is 25.6 Å². The van der Waals surface area contributed by atoms with Crippen LogP contribution < -0.4 is 11.1 Å². The molecule has 132 valence electrons. The van der Waals surface area contributed by atoms with Crippen molar-refractivity contribution in [1.82, 2.24) is 15.1 Å². The van der Waals surface area contributed by atoms with Gasteiger partial charge in [-0.2, -0.15) is 0 Å². The lowest BCUT2D eigenvalue weighted by molar-refractivity contribution is -0.116. The molecule has 3 N–H and O–H groups in total. The van der Waals surface area contributed by atoms with Gasteiger partial charge in [0.2, 0.25) is 0 Å². The Morgan fingerprint density at radius 2 is 2.17 bits per heavy atom. The van der Waals surface area contributed by atoms with Crippen molar-refractivity contribution < 1.29 is 9.53 Å². The van der Waals surface area contributed by atoms with Crippen molar-refractivity contribution in [2.75, 3.05) is 26.3 Å². The minimum Gasteiger partial charge on any atom is -0.378 e. The molecule has 0 radical (unpaired) electrons. The van der Waals surface area contributed by atoms with E-state index in [-0.39, 0.29) is 23.7 Å². The van der Waals surface area contributed by atoms with Crippen LogP contribution in [-0.2, 0) is 9.53 Å². The van der Waals surface area contributed by atoms with E-state index < -0.39 is 0 Å². The normalized spacial score (nSPS) is 25.7. The maximum absolute atomic E-state index is 12.0. The predicted octanol–water partition coefficient (Wildman–Crippen LogP) is 1.23. The van der Waals surface area contributed by atoms with Crippen LogP contribution in [0.15, 0.2) is 11.9 Å². The van der Waals surface area contributed by atoms with Gasteiger partial charge in [0.05, 0.1) is 19.3 Å². The van der Waals surface area contributed by atoms with Crippen LogP contribution in [0, 0.1) is 0 Å². The number of hydrogen-bond acceptors (Lipinski definition) is 5. The summed E-state index contributed by atoms with van der Waals surface area (Å²) >= 11 is 0. The Bertz CT molecular complexity index is 438. The molecular formula is C17H32N4O2. The summed E-state index contributed by atoms with van der Waals surface area (Å²) in [4.78, 5) is 16.4. The number of hydrogen-bond donors (Lipinski definition) is 2. The molecular weight excluding hydrogens is 292 g/mol. The summed E-state index contributed by atoms with van der Waals surface area (Å²) in [6.07, 6.45) is 5.37. The van der Waals surface area contributed by atoms with Gasteiger partial charge in [-0.3, -0.25) is 4.79 Å². The summed E-state index contributed by atoms with van der Waals surface area (Å²) < 4.78 is 5.67. The quantitative estimate of drug-likeness (QED) is 0.719. The van der Waals surface area contributed by atoms with E-state index in [2.05, 4.69) is 42.8 Å². The highest BCUT2D eigenvalue weighted by Crippen LogP contribution is 2.32. The molecule has 0 saturated carbocycles. The summed E-state index contributed by atoms with van der Waals surface area (Å²) in [5.74, 6) is -0.352. The highest BCUT2D eigenvalue weighted by atomic mass is 16.5. The number of nitrogens with one attached hydrogen (secondary N) is 1. The zero-order chi connectivity index (χ0) is 17.0. The van der Waals surface area contributed by atoms with Crippen LogP contribution >= 0.6 is 0 Å². The van der Waals surface area contributed by atoms with E-state index in [1.807, 2.05) is 6.20 Å². The number of morpholine rings is 1. The van der Waals surface area contributed by atoms with Crippen molar-refractivity contribution in [3.63, 3.8) is 0 Å². The molecule has 2 rings (SSSR count). The third kappa shape index (κ3) is 4.18. The largest absolute Gasteiger partial charge is 0.378 e. The molecule has 6 nitrogen and oxygen atoms in total. The van der Waals surface area contributed by atoms with E-state index in [9.17, 15) is 4.79 Å². The van der Waals surface area contributed by atoms with Crippen LogP contribution in [0.3, 0.4) is 0 Å². The molecule has 0 bridgehead atoms. The van der Waals surface area contributed by atoms with Gasteiger partial charge in [0.25, 0.3) is 5.91 Å². The van der Waals surface area contributed by atoms with Crippen molar-refractivity contribution in [3.8, 4) is 0 Å². The van der Waals surface area contributed by atoms with Gasteiger partial charge in [0.1, 0.15) is 11.9 Å². The average molecular weight is 324 g/mol. The summed E-state index contributed by atoms with van der Waals surface area (Å²) in [5, 5.41) is 3.55. The van der Waals surface area contributed by atoms with Gasteiger partial charge in [0, 0.05) is 24.8 Å². The van der Waals surface area contributed by atoms with Crippen LogP contribution in [0.25, 0.3) is 0 Å². The molecule has 1 fully saturated rings. The summed E-state index contributed by atoms with van der Waals surface area (Å²) in [6.45, 7) is 11.7. The van der Waals surface area contributed by atoms with Crippen LogP contribution in [0.4, 0.5) is 0 Å². The Labute approximate surface area is 140 Å². The number of carbonyl (C=O) groups excluding carboxylic acids is 1. The molecule has 0 aromatic carbocycles. The Morgan fingerprint density at radius 3 is 2.70 bits per heavy atom. The van der Waals surface area contributed by atoms with Gasteiger partial charge in [-0.15, -0.1) is 0 Å². The molecule has 2 atom stereocenters. The lowest BCUT2D eigenvalue weighted by Crippen LogP contribution is -2.61. The number of rotatable bonds is 6. The number of ether oxygens (including phenoxy) is 1. The first-order chi connectivity index (χ1) is 10.9. The SMILES string of the molecule is CCCCCN1C(C(N)=O)=CN(C(C)(C)C)C1C1COCCN1. The average Bonchev–Trinajstić information content (AvgIpc) is 2.88. The van der Waals surface area contributed by atoms with E-state index in [1.165, 1.54) is 0 Å².